The predicted molar refractivity (Wildman–Crippen MR) is 58.2 cm³/mol. The summed E-state index contributed by atoms with van der Waals surface area (Å²) in [4.78, 5) is 0. The van der Waals surface area contributed by atoms with Crippen LogP contribution >= 0.6 is 11.8 Å². The van der Waals surface area contributed by atoms with Gasteiger partial charge in [-0.05, 0) is 24.5 Å². The van der Waals surface area contributed by atoms with E-state index in [1.165, 1.54) is 18.6 Å². The van der Waals surface area contributed by atoms with Crippen LogP contribution in [-0.4, -0.2) is 17.5 Å². The summed E-state index contributed by atoms with van der Waals surface area (Å²) >= 11 is 1.99. The first-order chi connectivity index (χ1) is 5.70. The van der Waals surface area contributed by atoms with Crippen LogP contribution in [0.1, 0.15) is 33.6 Å². The van der Waals surface area contributed by atoms with Crippen LogP contribution in [0, 0.1) is 5.92 Å². The summed E-state index contributed by atoms with van der Waals surface area (Å²) in [6, 6.07) is 0.488. The van der Waals surface area contributed by atoms with E-state index in [9.17, 15) is 0 Å². The second-order valence-electron chi connectivity index (χ2n) is 3.57. The summed E-state index contributed by atoms with van der Waals surface area (Å²) < 4.78 is 0. The van der Waals surface area contributed by atoms with Gasteiger partial charge in [0.05, 0.1) is 0 Å². The van der Waals surface area contributed by atoms with Gasteiger partial charge >= 0.3 is 0 Å². The second-order valence-corrected chi connectivity index (χ2v) is 4.72. The molecule has 0 aromatic carbocycles. The maximum Gasteiger partial charge on any atom is 0.0303 e. The van der Waals surface area contributed by atoms with Gasteiger partial charge in [0.1, 0.15) is 0 Å². The molecule has 1 atom stereocenters. The molecule has 3 N–H and O–H groups in total. The first-order valence-corrected chi connectivity index (χ1v) is 5.90. The minimum absolute atomic E-state index is 0.488. The van der Waals surface area contributed by atoms with Crippen LogP contribution in [-0.2, 0) is 0 Å². The Kier molecular flexibility index (Phi) is 8.07. The topological polar surface area (TPSA) is 38.0 Å². The molecule has 0 rings (SSSR count). The lowest BCUT2D eigenvalue weighted by molar-refractivity contribution is 0.456. The standard InChI is InChI=1S/C9H22N2S/c1-4-5-12-7-9(11-10)6-8(2)3/h8-9,11H,4-7,10H2,1-3H3. The Morgan fingerprint density at radius 3 is 2.50 bits per heavy atom. The number of hydrazine groups is 1. The molecule has 2 nitrogen and oxygen atoms in total. The largest absolute Gasteiger partial charge is 0.271 e. The fourth-order valence-corrected chi connectivity index (χ4v) is 2.10. The summed E-state index contributed by atoms with van der Waals surface area (Å²) in [5.41, 5.74) is 2.87. The lowest BCUT2D eigenvalue weighted by atomic mass is 10.1. The average Bonchev–Trinajstić information content (AvgIpc) is 2.02. The highest BCUT2D eigenvalue weighted by Gasteiger charge is 2.07. The molecule has 12 heavy (non-hydrogen) atoms. The van der Waals surface area contributed by atoms with Crippen molar-refractivity contribution in [1.29, 1.82) is 0 Å². The third-order valence-corrected chi connectivity index (χ3v) is 2.99. The molecule has 0 aliphatic heterocycles. The zero-order chi connectivity index (χ0) is 9.40. The van der Waals surface area contributed by atoms with Crippen molar-refractivity contribution in [2.45, 2.75) is 39.7 Å². The van der Waals surface area contributed by atoms with E-state index < -0.39 is 0 Å². The molecule has 0 bridgehead atoms. The maximum absolute atomic E-state index is 5.44. The van der Waals surface area contributed by atoms with E-state index in [0.717, 1.165) is 11.7 Å². The van der Waals surface area contributed by atoms with Crippen LogP contribution < -0.4 is 11.3 Å². The van der Waals surface area contributed by atoms with Crippen LogP contribution in [0.2, 0.25) is 0 Å². The molecule has 3 heteroatoms. The van der Waals surface area contributed by atoms with Gasteiger partial charge in [-0.15, -0.1) is 0 Å². The van der Waals surface area contributed by atoms with Crippen LogP contribution in [0.3, 0.4) is 0 Å². The monoisotopic (exact) mass is 190 g/mol. The molecule has 0 amide bonds. The molecule has 0 heterocycles. The molecule has 0 radical (unpaired) electrons. The van der Waals surface area contributed by atoms with E-state index in [0.29, 0.717) is 6.04 Å². The van der Waals surface area contributed by atoms with Crippen molar-refractivity contribution in [3.8, 4) is 0 Å². The molecule has 0 aromatic heterocycles. The van der Waals surface area contributed by atoms with Crippen molar-refractivity contribution in [2.75, 3.05) is 11.5 Å². The Morgan fingerprint density at radius 2 is 2.08 bits per heavy atom. The van der Waals surface area contributed by atoms with Crippen LogP contribution in [0.25, 0.3) is 0 Å². The smallest absolute Gasteiger partial charge is 0.0303 e. The summed E-state index contributed by atoms with van der Waals surface area (Å²) in [7, 11) is 0. The summed E-state index contributed by atoms with van der Waals surface area (Å²) in [6.07, 6.45) is 2.43. The van der Waals surface area contributed by atoms with E-state index in [1.807, 2.05) is 11.8 Å². The summed E-state index contributed by atoms with van der Waals surface area (Å²) in [5.74, 6) is 8.56. The van der Waals surface area contributed by atoms with Gasteiger partial charge in [0, 0.05) is 11.8 Å². The number of nitrogens with one attached hydrogen (secondary N) is 1. The second kappa shape index (κ2) is 7.90. The lowest BCUT2D eigenvalue weighted by Gasteiger charge is -2.17. The Labute approximate surface area is 80.6 Å². The average molecular weight is 190 g/mol. The minimum Gasteiger partial charge on any atom is -0.271 e. The molecule has 74 valence electrons. The summed E-state index contributed by atoms with van der Waals surface area (Å²) in [6.45, 7) is 6.67. The van der Waals surface area contributed by atoms with Crippen molar-refractivity contribution in [3.05, 3.63) is 0 Å². The molecule has 0 fully saturated rings. The van der Waals surface area contributed by atoms with Crippen molar-refractivity contribution in [1.82, 2.24) is 5.43 Å². The number of thioether (sulfide) groups is 1. The molecule has 0 spiro atoms. The van der Waals surface area contributed by atoms with Crippen LogP contribution in [0.5, 0.6) is 0 Å². The van der Waals surface area contributed by atoms with Gasteiger partial charge in [-0.1, -0.05) is 20.8 Å². The quantitative estimate of drug-likeness (QED) is 0.366. The SMILES string of the molecule is CCCSCC(CC(C)C)NN. The first-order valence-electron chi connectivity index (χ1n) is 4.74. The zero-order valence-electron chi connectivity index (χ0n) is 8.47. The third kappa shape index (κ3) is 6.95. The molecule has 0 aliphatic rings. The van der Waals surface area contributed by atoms with E-state index in [2.05, 4.69) is 26.2 Å². The van der Waals surface area contributed by atoms with Gasteiger partial charge in [0.25, 0.3) is 0 Å². The molecular formula is C9H22N2S. The first kappa shape index (κ1) is 12.3. The Hall–Kier alpha value is 0.270. The van der Waals surface area contributed by atoms with Gasteiger partial charge in [-0.3, -0.25) is 11.3 Å². The highest BCUT2D eigenvalue weighted by Crippen LogP contribution is 2.10. The van der Waals surface area contributed by atoms with Gasteiger partial charge in [0.15, 0.2) is 0 Å². The van der Waals surface area contributed by atoms with Crippen molar-refractivity contribution in [3.63, 3.8) is 0 Å². The number of hydrogen-bond acceptors (Lipinski definition) is 3. The van der Waals surface area contributed by atoms with E-state index in [4.69, 9.17) is 5.84 Å². The molecule has 0 aromatic rings. The van der Waals surface area contributed by atoms with Crippen LogP contribution in [0.15, 0.2) is 0 Å². The summed E-state index contributed by atoms with van der Waals surface area (Å²) in [5, 5.41) is 0. The Bertz CT molecular complexity index is 96.5. The molecule has 0 saturated carbocycles. The van der Waals surface area contributed by atoms with Gasteiger partial charge in [-0.25, -0.2) is 0 Å². The van der Waals surface area contributed by atoms with E-state index in [1.54, 1.807) is 0 Å². The normalized spacial score (nSPS) is 13.8. The highest BCUT2D eigenvalue weighted by molar-refractivity contribution is 7.99. The van der Waals surface area contributed by atoms with Crippen molar-refractivity contribution < 1.29 is 0 Å². The van der Waals surface area contributed by atoms with Gasteiger partial charge < -0.3 is 0 Å². The molecule has 1 unspecified atom stereocenters. The Morgan fingerprint density at radius 1 is 1.42 bits per heavy atom. The molecule has 0 aliphatic carbocycles. The maximum atomic E-state index is 5.44. The minimum atomic E-state index is 0.488. The van der Waals surface area contributed by atoms with E-state index >= 15 is 0 Å². The molecular weight excluding hydrogens is 168 g/mol. The zero-order valence-corrected chi connectivity index (χ0v) is 9.29. The lowest BCUT2D eigenvalue weighted by Crippen LogP contribution is -2.38. The molecule has 0 saturated heterocycles. The number of hydrogen-bond donors (Lipinski definition) is 2. The number of rotatable bonds is 7. The predicted octanol–water partition coefficient (Wildman–Crippen LogP) is 2.01. The van der Waals surface area contributed by atoms with E-state index in [-0.39, 0.29) is 0 Å². The van der Waals surface area contributed by atoms with Crippen molar-refractivity contribution in [2.24, 2.45) is 11.8 Å². The van der Waals surface area contributed by atoms with Crippen LogP contribution in [0.4, 0.5) is 0 Å². The third-order valence-electron chi connectivity index (χ3n) is 1.66. The van der Waals surface area contributed by atoms with Crippen molar-refractivity contribution >= 4 is 11.8 Å². The number of nitrogens with two attached hydrogens (primary N) is 1. The Balaban J connectivity index is 3.39. The highest BCUT2D eigenvalue weighted by atomic mass is 32.2. The van der Waals surface area contributed by atoms with Gasteiger partial charge in [-0.2, -0.15) is 11.8 Å². The fourth-order valence-electron chi connectivity index (χ4n) is 1.12. The van der Waals surface area contributed by atoms with Gasteiger partial charge in [0.2, 0.25) is 0 Å². The fraction of sp³-hybridized carbons (Fsp3) is 1.00.